The topological polar surface area (TPSA) is 24.9 Å². The Morgan fingerprint density at radius 2 is 2.50 bits per heavy atom. The lowest BCUT2D eigenvalue weighted by molar-refractivity contribution is 1.30. The maximum Gasteiger partial charge on any atom is 0.0904 e. The van der Waals surface area contributed by atoms with Crippen molar-refractivity contribution in [3.05, 3.63) is 30.6 Å². The van der Waals surface area contributed by atoms with Crippen molar-refractivity contribution in [2.45, 2.75) is 0 Å². The Balaban J connectivity index is 2.61. The lowest BCUT2D eigenvalue weighted by Gasteiger charge is -1.93. The molecule has 2 nitrogen and oxygen atoms in total. The summed E-state index contributed by atoms with van der Waals surface area (Å²) in [6.45, 7) is 4.71. The van der Waals surface area contributed by atoms with Gasteiger partial charge in [-0.1, -0.05) is 6.58 Å². The molecule has 1 aromatic rings. The quantitative estimate of drug-likeness (QED) is 0.579. The maximum atomic E-state index is 4.18. The van der Waals surface area contributed by atoms with Crippen LogP contribution in [0.5, 0.6) is 0 Å². The van der Waals surface area contributed by atoms with Crippen LogP contribution in [0, 0.1) is 0 Å². The van der Waals surface area contributed by atoms with Crippen LogP contribution < -0.4 is 5.32 Å². The number of rotatable bonds is 0. The SMILES string of the molecule is C=C1CNc2cccnc21. The minimum atomic E-state index is 0.840. The molecule has 1 aliphatic heterocycles. The normalized spacial score (nSPS) is 14.6. The summed E-state index contributed by atoms with van der Waals surface area (Å²) in [4.78, 5) is 4.18. The molecule has 0 atom stereocenters. The molecule has 0 radical (unpaired) electrons. The van der Waals surface area contributed by atoms with Crippen LogP contribution in [0.3, 0.4) is 0 Å². The molecule has 0 spiro atoms. The number of nitrogens with zero attached hydrogens (tertiary/aromatic N) is 1. The highest BCUT2D eigenvalue weighted by Gasteiger charge is 2.12. The molecule has 0 saturated heterocycles. The van der Waals surface area contributed by atoms with Gasteiger partial charge in [-0.05, 0) is 17.7 Å². The predicted molar refractivity (Wildman–Crippen MR) is 41.8 cm³/mol. The van der Waals surface area contributed by atoms with Gasteiger partial charge in [0.15, 0.2) is 0 Å². The van der Waals surface area contributed by atoms with Crippen LogP contribution in [0.1, 0.15) is 5.69 Å². The first-order chi connectivity index (χ1) is 4.88. The molecule has 1 N–H and O–H groups in total. The van der Waals surface area contributed by atoms with Crippen molar-refractivity contribution >= 4 is 11.3 Å². The molecule has 0 bridgehead atoms. The zero-order chi connectivity index (χ0) is 6.97. The van der Waals surface area contributed by atoms with Gasteiger partial charge in [-0.2, -0.15) is 0 Å². The molecule has 0 aliphatic carbocycles. The van der Waals surface area contributed by atoms with E-state index in [0.717, 1.165) is 23.5 Å². The molecule has 1 aliphatic rings. The number of hydrogen-bond donors (Lipinski definition) is 1. The van der Waals surface area contributed by atoms with Crippen LogP contribution in [-0.2, 0) is 0 Å². The van der Waals surface area contributed by atoms with E-state index in [1.165, 1.54) is 0 Å². The van der Waals surface area contributed by atoms with E-state index in [1.54, 1.807) is 6.20 Å². The highest BCUT2D eigenvalue weighted by Crippen LogP contribution is 2.25. The second kappa shape index (κ2) is 1.84. The minimum Gasteiger partial charge on any atom is -0.379 e. The summed E-state index contributed by atoms with van der Waals surface area (Å²) in [6, 6.07) is 3.94. The number of aromatic nitrogens is 1. The average Bonchev–Trinajstić information content (AvgIpc) is 2.34. The number of anilines is 1. The van der Waals surface area contributed by atoms with Crippen LogP contribution in [0.25, 0.3) is 5.57 Å². The smallest absolute Gasteiger partial charge is 0.0904 e. The molecular formula is C8H8N2. The van der Waals surface area contributed by atoms with Gasteiger partial charge in [0.2, 0.25) is 0 Å². The lowest BCUT2D eigenvalue weighted by atomic mass is 10.2. The van der Waals surface area contributed by atoms with E-state index >= 15 is 0 Å². The van der Waals surface area contributed by atoms with Gasteiger partial charge in [-0.15, -0.1) is 0 Å². The van der Waals surface area contributed by atoms with E-state index in [1.807, 2.05) is 12.1 Å². The van der Waals surface area contributed by atoms with Crippen molar-refractivity contribution in [1.29, 1.82) is 0 Å². The predicted octanol–water partition coefficient (Wildman–Crippen LogP) is 1.52. The Kier molecular flexibility index (Phi) is 1.01. The second-order valence-electron chi connectivity index (χ2n) is 2.36. The van der Waals surface area contributed by atoms with Crippen molar-refractivity contribution in [1.82, 2.24) is 4.98 Å². The molecular weight excluding hydrogens is 124 g/mol. The molecule has 0 fully saturated rings. The summed E-state index contributed by atoms with van der Waals surface area (Å²) in [6.07, 6.45) is 1.79. The maximum absolute atomic E-state index is 4.18. The summed E-state index contributed by atoms with van der Waals surface area (Å²) in [7, 11) is 0. The van der Waals surface area contributed by atoms with Crippen LogP contribution in [0.4, 0.5) is 5.69 Å². The molecule has 0 aromatic carbocycles. The van der Waals surface area contributed by atoms with Crippen molar-refractivity contribution in [3.63, 3.8) is 0 Å². The summed E-state index contributed by atoms with van der Waals surface area (Å²) >= 11 is 0. The fourth-order valence-corrected chi connectivity index (χ4v) is 1.12. The van der Waals surface area contributed by atoms with Gasteiger partial charge < -0.3 is 5.32 Å². The Morgan fingerprint density at radius 3 is 3.30 bits per heavy atom. The Bertz CT molecular complexity index is 278. The highest BCUT2D eigenvalue weighted by atomic mass is 14.9. The third-order valence-corrected chi connectivity index (χ3v) is 1.63. The van der Waals surface area contributed by atoms with E-state index in [4.69, 9.17) is 0 Å². The molecule has 1 aromatic heterocycles. The average molecular weight is 132 g/mol. The van der Waals surface area contributed by atoms with E-state index in [2.05, 4.69) is 16.9 Å². The van der Waals surface area contributed by atoms with Crippen molar-refractivity contribution in [3.8, 4) is 0 Å². The van der Waals surface area contributed by atoms with Gasteiger partial charge in [0.05, 0.1) is 11.4 Å². The van der Waals surface area contributed by atoms with Gasteiger partial charge in [0, 0.05) is 12.7 Å². The largest absolute Gasteiger partial charge is 0.379 e. The molecule has 2 heteroatoms. The standard InChI is InChI=1S/C8H8N2/c1-6-5-10-7-3-2-4-9-8(6)7/h2-4,10H,1,5H2. The monoisotopic (exact) mass is 132 g/mol. The number of nitrogens with one attached hydrogen (secondary N) is 1. The summed E-state index contributed by atoms with van der Waals surface area (Å²) < 4.78 is 0. The summed E-state index contributed by atoms with van der Waals surface area (Å²) in [5.41, 5.74) is 3.20. The zero-order valence-corrected chi connectivity index (χ0v) is 5.59. The highest BCUT2D eigenvalue weighted by molar-refractivity contribution is 5.80. The number of fused-ring (bicyclic) bond motifs is 1. The summed E-state index contributed by atoms with van der Waals surface area (Å²) in [5, 5.41) is 3.19. The first-order valence-corrected chi connectivity index (χ1v) is 3.25. The number of hydrogen-bond acceptors (Lipinski definition) is 2. The van der Waals surface area contributed by atoms with E-state index in [-0.39, 0.29) is 0 Å². The third-order valence-electron chi connectivity index (χ3n) is 1.63. The van der Waals surface area contributed by atoms with Crippen molar-refractivity contribution in [2.75, 3.05) is 11.9 Å². The molecule has 0 unspecified atom stereocenters. The molecule has 0 saturated carbocycles. The summed E-state index contributed by atoms with van der Waals surface area (Å²) in [5.74, 6) is 0. The minimum absolute atomic E-state index is 0.840. The Hall–Kier alpha value is -1.31. The first kappa shape index (κ1) is 5.47. The Morgan fingerprint density at radius 1 is 1.60 bits per heavy atom. The van der Waals surface area contributed by atoms with Crippen LogP contribution in [0.2, 0.25) is 0 Å². The zero-order valence-electron chi connectivity index (χ0n) is 5.59. The van der Waals surface area contributed by atoms with Crippen LogP contribution in [-0.4, -0.2) is 11.5 Å². The third kappa shape index (κ3) is 0.620. The fraction of sp³-hybridized carbons (Fsp3) is 0.125. The molecule has 50 valence electrons. The van der Waals surface area contributed by atoms with Crippen LogP contribution in [0.15, 0.2) is 24.9 Å². The van der Waals surface area contributed by atoms with Gasteiger partial charge >= 0.3 is 0 Å². The van der Waals surface area contributed by atoms with Crippen molar-refractivity contribution < 1.29 is 0 Å². The van der Waals surface area contributed by atoms with E-state index in [9.17, 15) is 0 Å². The van der Waals surface area contributed by atoms with Crippen LogP contribution >= 0.6 is 0 Å². The van der Waals surface area contributed by atoms with Gasteiger partial charge in [0.1, 0.15) is 0 Å². The molecule has 10 heavy (non-hydrogen) atoms. The molecule has 2 rings (SSSR count). The lowest BCUT2D eigenvalue weighted by Crippen LogP contribution is -1.89. The van der Waals surface area contributed by atoms with E-state index in [0.29, 0.717) is 0 Å². The fourth-order valence-electron chi connectivity index (χ4n) is 1.12. The molecule has 2 heterocycles. The van der Waals surface area contributed by atoms with Gasteiger partial charge in [-0.25, -0.2) is 0 Å². The number of pyridine rings is 1. The first-order valence-electron chi connectivity index (χ1n) is 3.25. The van der Waals surface area contributed by atoms with Gasteiger partial charge in [-0.3, -0.25) is 4.98 Å². The Labute approximate surface area is 59.6 Å². The molecule has 0 amide bonds. The van der Waals surface area contributed by atoms with Gasteiger partial charge in [0.25, 0.3) is 0 Å². The van der Waals surface area contributed by atoms with Crippen molar-refractivity contribution in [2.24, 2.45) is 0 Å². The van der Waals surface area contributed by atoms with E-state index < -0.39 is 0 Å². The second-order valence-corrected chi connectivity index (χ2v) is 2.36.